The molecule has 2 amide bonds. The first kappa shape index (κ1) is 22.2. The van der Waals surface area contributed by atoms with Crippen LogP contribution in [0.4, 0.5) is 16.3 Å². The van der Waals surface area contributed by atoms with E-state index in [2.05, 4.69) is 20.9 Å². The molecule has 0 saturated carbocycles. The minimum atomic E-state index is -0.834. The number of carbonyl (C=O) groups excluding carboxylic acids is 3. The predicted molar refractivity (Wildman–Crippen MR) is 109 cm³/mol. The number of hydrogen-bond acceptors (Lipinski definition) is 7. The van der Waals surface area contributed by atoms with Gasteiger partial charge in [-0.15, -0.1) is 0 Å². The number of nitrogens with one attached hydrogen (secondary N) is 3. The van der Waals surface area contributed by atoms with E-state index in [0.29, 0.717) is 17.1 Å². The van der Waals surface area contributed by atoms with Crippen molar-refractivity contribution in [2.24, 2.45) is 0 Å². The SMILES string of the molecule is CC(C)(C)OC(=O)/C=C/c1cnc2c(c1)NC[C@H](NC(=O)OC(C)(C)C)C(=O)N2. The Kier molecular flexibility index (Phi) is 6.51. The number of ether oxygens (including phenoxy) is 2. The lowest BCUT2D eigenvalue weighted by atomic mass is 10.2. The van der Waals surface area contributed by atoms with Gasteiger partial charge >= 0.3 is 12.1 Å². The fourth-order valence-corrected chi connectivity index (χ4v) is 2.38. The molecule has 1 aliphatic rings. The quantitative estimate of drug-likeness (QED) is 0.523. The van der Waals surface area contributed by atoms with Crippen LogP contribution in [0.1, 0.15) is 47.1 Å². The maximum absolute atomic E-state index is 12.4. The summed E-state index contributed by atoms with van der Waals surface area (Å²) in [6.45, 7) is 10.7. The van der Waals surface area contributed by atoms with Crippen LogP contribution in [0.25, 0.3) is 6.08 Å². The minimum absolute atomic E-state index is 0.152. The van der Waals surface area contributed by atoms with Gasteiger partial charge in [-0.2, -0.15) is 0 Å². The molecule has 29 heavy (non-hydrogen) atoms. The molecule has 158 valence electrons. The highest BCUT2D eigenvalue weighted by molar-refractivity contribution is 6.00. The number of anilines is 2. The Morgan fingerprint density at radius 1 is 1.17 bits per heavy atom. The Morgan fingerprint density at radius 2 is 1.83 bits per heavy atom. The number of amides is 2. The molecule has 1 atom stereocenters. The van der Waals surface area contributed by atoms with Crippen molar-refractivity contribution in [2.45, 2.75) is 58.8 Å². The largest absolute Gasteiger partial charge is 0.457 e. The molecule has 0 saturated heterocycles. The van der Waals surface area contributed by atoms with Crippen molar-refractivity contribution in [2.75, 3.05) is 17.2 Å². The third-order valence-electron chi connectivity index (χ3n) is 3.47. The molecule has 3 N–H and O–H groups in total. The van der Waals surface area contributed by atoms with E-state index >= 15 is 0 Å². The van der Waals surface area contributed by atoms with E-state index in [9.17, 15) is 14.4 Å². The first-order valence-corrected chi connectivity index (χ1v) is 9.28. The fraction of sp³-hybridized carbons (Fsp3) is 0.500. The molecular weight excluding hydrogens is 376 g/mol. The van der Waals surface area contributed by atoms with Crippen molar-refractivity contribution in [3.8, 4) is 0 Å². The Labute approximate surface area is 170 Å². The second-order valence-corrected chi connectivity index (χ2v) is 8.60. The van der Waals surface area contributed by atoms with Gasteiger partial charge in [0, 0.05) is 18.8 Å². The molecule has 2 heterocycles. The number of aromatic nitrogens is 1. The summed E-state index contributed by atoms with van der Waals surface area (Å²) < 4.78 is 10.4. The Balaban J connectivity index is 2.05. The monoisotopic (exact) mass is 404 g/mol. The van der Waals surface area contributed by atoms with Gasteiger partial charge in [-0.25, -0.2) is 14.6 Å². The van der Waals surface area contributed by atoms with Crippen LogP contribution >= 0.6 is 0 Å². The first-order chi connectivity index (χ1) is 13.3. The van der Waals surface area contributed by atoms with Gasteiger partial charge < -0.3 is 25.4 Å². The normalized spacial score (nSPS) is 16.9. The van der Waals surface area contributed by atoms with Gasteiger partial charge in [0.1, 0.15) is 17.2 Å². The number of carbonyl (C=O) groups is 3. The number of rotatable bonds is 3. The van der Waals surface area contributed by atoms with Crippen LogP contribution in [0.5, 0.6) is 0 Å². The molecule has 0 unspecified atom stereocenters. The van der Waals surface area contributed by atoms with E-state index in [4.69, 9.17) is 9.47 Å². The molecule has 0 radical (unpaired) electrons. The third kappa shape index (κ3) is 7.44. The second kappa shape index (κ2) is 8.50. The summed E-state index contributed by atoms with van der Waals surface area (Å²) in [5.41, 5.74) is -0.0262. The molecule has 9 nitrogen and oxygen atoms in total. The zero-order valence-electron chi connectivity index (χ0n) is 17.6. The van der Waals surface area contributed by atoms with Gasteiger partial charge in [0.15, 0.2) is 5.82 Å². The number of pyridine rings is 1. The van der Waals surface area contributed by atoms with E-state index < -0.39 is 35.2 Å². The zero-order valence-corrected chi connectivity index (χ0v) is 17.6. The summed E-state index contributed by atoms with van der Waals surface area (Å²) in [5.74, 6) is -0.542. The standard InChI is InChI=1S/C20H28N4O5/c1-19(2,3)28-15(25)8-7-12-9-13-16(22-10-12)24-17(26)14(11-21-13)23-18(27)29-20(4,5)6/h7-10,14,21H,11H2,1-6H3,(H,23,27)(H,22,24,26)/b8-7+/t14-/m0/s1. The predicted octanol–water partition coefficient (Wildman–Crippen LogP) is 2.69. The topological polar surface area (TPSA) is 119 Å². The van der Waals surface area contributed by atoms with Crippen LogP contribution in [0.15, 0.2) is 18.3 Å². The van der Waals surface area contributed by atoms with E-state index in [0.717, 1.165) is 0 Å². The molecule has 0 fully saturated rings. The van der Waals surface area contributed by atoms with Gasteiger partial charge in [0.2, 0.25) is 5.91 Å². The summed E-state index contributed by atoms with van der Waals surface area (Å²) in [6, 6.07) is 0.902. The van der Waals surface area contributed by atoms with E-state index in [1.165, 1.54) is 12.3 Å². The summed E-state index contributed by atoms with van der Waals surface area (Å²) in [6.07, 6.45) is 3.73. The second-order valence-electron chi connectivity index (χ2n) is 8.60. The number of alkyl carbamates (subject to hydrolysis) is 1. The highest BCUT2D eigenvalue weighted by Gasteiger charge is 2.27. The van der Waals surface area contributed by atoms with Crippen LogP contribution in [0.2, 0.25) is 0 Å². The smallest absolute Gasteiger partial charge is 0.408 e. The summed E-state index contributed by atoms with van der Waals surface area (Å²) in [5, 5.41) is 8.28. The van der Waals surface area contributed by atoms with Gasteiger partial charge in [0.25, 0.3) is 0 Å². The highest BCUT2D eigenvalue weighted by atomic mass is 16.6. The fourth-order valence-electron chi connectivity index (χ4n) is 2.38. The van der Waals surface area contributed by atoms with Crippen molar-refractivity contribution in [1.29, 1.82) is 0 Å². The summed E-state index contributed by atoms with van der Waals surface area (Å²) in [7, 11) is 0. The van der Waals surface area contributed by atoms with Crippen molar-refractivity contribution in [3.05, 3.63) is 23.9 Å². The van der Waals surface area contributed by atoms with Gasteiger partial charge in [0.05, 0.1) is 5.69 Å². The highest BCUT2D eigenvalue weighted by Crippen LogP contribution is 2.23. The third-order valence-corrected chi connectivity index (χ3v) is 3.47. The van der Waals surface area contributed by atoms with Crippen molar-refractivity contribution in [3.63, 3.8) is 0 Å². The summed E-state index contributed by atoms with van der Waals surface area (Å²) in [4.78, 5) is 40.3. The molecule has 0 spiro atoms. The van der Waals surface area contributed by atoms with Crippen LogP contribution < -0.4 is 16.0 Å². The van der Waals surface area contributed by atoms with Crippen LogP contribution in [0.3, 0.4) is 0 Å². The Morgan fingerprint density at radius 3 is 2.45 bits per heavy atom. The molecule has 1 aromatic heterocycles. The molecular formula is C20H28N4O5. The van der Waals surface area contributed by atoms with Gasteiger partial charge in [-0.3, -0.25) is 4.79 Å². The van der Waals surface area contributed by atoms with Crippen LogP contribution in [0, 0.1) is 0 Å². The Hall–Kier alpha value is -3.10. The molecule has 2 rings (SSSR count). The van der Waals surface area contributed by atoms with Crippen molar-refractivity contribution < 1.29 is 23.9 Å². The zero-order chi connectivity index (χ0) is 21.8. The van der Waals surface area contributed by atoms with Crippen LogP contribution in [-0.2, 0) is 19.1 Å². The van der Waals surface area contributed by atoms with Crippen molar-refractivity contribution >= 4 is 35.6 Å². The number of esters is 1. The van der Waals surface area contributed by atoms with Gasteiger partial charge in [-0.05, 0) is 59.2 Å². The lowest BCUT2D eigenvalue weighted by Gasteiger charge is -2.22. The van der Waals surface area contributed by atoms with Crippen molar-refractivity contribution in [1.82, 2.24) is 10.3 Å². The first-order valence-electron chi connectivity index (χ1n) is 9.28. The molecule has 1 aliphatic heterocycles. The Bertz CT molecular complexity index is 821. The van der Waals surface area contributed by atoms with Gasteiger partial charge in [-0.1, -0.05) is 0 Å². The molecule has 0 aromatic carbocycles. The molecule has 9 heteroatoms. The number of hydrogen-bond donors (Lipinski definition) is 3. The minimum Gasteiger partial charge on any atom is -0.457 e. The van der Waals surface area contributed by atoms with Crippen LogP contribution in [-0.4, -0.2) is 46.7 Å². The van der Waals surface area contributed by atoms with E-state index in [1.807, 2.05) is 0 Å². The van der Waals surface area contributed by atoms with E-state index in [1.54, 1.807) is 53.7 Å². The number of nitrogens with zero attached hydrogens (tertiary/aromatic N) is 1. The average molecular weight is 404 g/mol. The lowest BCUT2D eigenvalue weighted by molar-refractivity contribution is -0.148. The average Bonchev–Trinajstić information content (AvgIpc) is 2.69. The summed E-state index contributed by atoms with van der Waals surface area (Å²) >= 11 is 0. The molecule has 0 aliphatic carbocycles. The molecule has 0 bridgehead atoms. The number of fused-ring (bicyclic) bond motifs is 1. The molecule has 1 aromatic rings. The maximum Gasteiger partial charge on any atom is 0.408 e. The van der Waals surface area contributed by atoms with E-state index in [-0.39, 0.29) is 6.54 Å². The maximum atomic E-state index is 12.4. The lowest BCUT2D eigenvalue weighted by Crippen LogP contribution is -2.48.